The molecule has 4 heteroatoms. The first kappa shape index (κ1) is 14.6. The molecule has 0 unspecified atom stereocenters. The second-order valence-corrected chi connectivity index (χ2v) is 8.68. The Labute approximate surface area is 94.3 Å². The molecule has 0 aromatic rings. The fourth-order valence-electron chi connectivity index (χ4n) is 1.79. The Hall–Kier alpha value is -0.353. The van der Waals surface area contributed by atoms with Gasteiger partial charge in [0.2, 0.25) is 0 Å². The van der Waals surface area contributed by atoms with Crippen molar-refractivity contribution in [2.45, 2.75) is 58.4 Å². The number of carbonyl (C=O) groups is 1. The van der Waals surface area contributed by atoms with Crippen molar-refractivity contribution in [2.24, 2.45) is 0 Å². The van der Waals surface area contributed by atoms with E-state index in [1.807, 2.05) is 6.92 Å². The first-order valence-electron chi connectivity index (χ1n) is 5.78. The molecule has 0 rings (SSSR count). The van der Waals surface area contributed by atoms with Crippen molar-refractivity contribution in [3.63, 3.8) is 0 Å². The zero-order chi connectivity index (χ0) is 11.9. The molecule has 0 aliphatic carbocycles. The molecule has 0 aliphatic heterocycles. The first-order valence-corrected chi connectivity index (χ1v) is 8.31. The average Bonchev–Trinajstić information content (AvgIpc) is 2.26. The molecule has 1 atom stereocenters. The molecule has 0 aromatic carbocycles. The van der Waals surface area contributed by atoms with Crippen molar-refractivity contribution in [2.75, 3.05) is 7.11 Å². The molecule has 0 saturated heterocycles. The highest BCUT2D eigenvalue weighted by Gasteiger charge is 2.31. The molecular formula is C11H24O3Si. The minimum absolute atomic E-state index is 0.0102. The lowest BCUT2D eigenvalue weighted by atomic mass is 10.3. The largest absolute Gasteiger partial charge is 0.469 e. The van der Waals surface area contributed by atoms with Gasteiger partial charge in [-0.25, -0.2) is 0 Å². The van der Waals surface area contributed by atoms with Gasteiger partial charge < -0.3 is 9.16 Å². The molecule has 0 aromatic heterocycles. The maximum atomic E-state index is 11.1. The Morgan fingerprint density at radius 2 is 1.67 bits per heavy atom. The summed E-state index contributed by atoms with van der Waals surface area (Å²) in [5.74, 6) is -0.186. The second-order valence-electron chi connectivity index (χ2n) is 3.95. The van der Waals surface area contributed by atoms with E-state index in [9.17, 15) is 4.79 Å². The Bertz CT molecular complexity index is 182. The lowest BCUT2D eigenvalue weighted by Gasteiger charge is -2.31. The van der Waals surface area contributed by atoms with E-state index in [4.69, 9.17) is 4.43 Å². The number of ether oxygens (including phenoxy) is 1. The topological polar surface area (TPSA) is 35.5 Å². The standard InChI is InChI=1S/C11H24O3Si/c1-6-15(7-2,8-3)14-10(4)9-11(12)13-5/h10H,6-9H2,1-5H3/t10-/m1/s1. The van der Waals surface area contributed by atoms with Crippen LogP contribution in [0.1, 0.15) is 34.1 Å². The van der Waals surface area contributed by atoms with Crippen LogP contribution in [-0.4, -0.2) is 27.5 Å². The maximum absolute atomic E-state index is 11.1. The van der Waals surface area contributed by atoms with Gasteiger partial charge in [-0.2, -0.15) is 0 Å². The van der Waals surface area contributed by atoms with E-state index in [0.29, 0.717) is 6.42 Å². The van der Waals surface area contributed by atoms with Crippen LogP contribution < -0.4 is 0 Å². The van der Waals surface area contributed by atoms with E-state index in [1.54, 1.807) is 0 Å². The number of carbonyl (C=O) groups excluding carboxylic acids is 1. The van der Waals surface area contributed by atoms with Gasteiger partial charge >= 0.3 is 5.97 Å². The molecule has 15 heavy (non-hydrogen) atoms. The monoisotopic (exact) mass is 232 g/mol. The van der Waals surface area contributed by atoms with Gasteiger partial charge in [0.1, 0.15) is 0 Å². The number of esters is 1. The smallest absolute Gasteiger partial charge is 0.308 e. The van der Waals surface area contributed by atoms with Crippen LogP contribution in [0, 0.1) is 0 Å². The quantitative estimate of drug-likeness (QED) is 0.500. The van der Waals surface area contributed by atoms with Crippen molar-refractivity contribution in [3.05, 3.63) is 0 Å². The zero-order valence-corrected chi connectivity index (χ0v) is 11.6. The molecule has 3 nitrogen and oxygen atoms in total. The summed E-state index contributed by atoms with van der Waals surface area (Å²) in [6.07, 6.45) is 0.356. The molecule has 0 fully saturated rings. The highest BCUT2D eigenvalue weighted by Crippen LogP contribution is 2.24. The Morgan fingerprint density at radius 1 is 1.20 bits per heavy atom. The van der Waals surface area contributed by atoms with Crippen molar-refractivity contribution in [3.8, 4) is 0 Å². The predicted molar refractivity (Wildman–Crippen MR) is 64.4 cm³/mol. The van der Waals surface area contributed by atoms with E-state index in [2.05, 4.69) is 25.5 Å². The van der Waals surface area contributed by atoms with Crippen LogP contribution in [0.25, 0.3) is 0 Å². The number of methoxy groups -OCH3 is 1. The van der Waals surface area contributed by atoms with Crippen molar-refractivity contribution >= 4 is 14.3 Å². The minimum atomic E-state index is -1.57. The summed E-state index contributed by atoms with van der Waals surface area (Å²) in [7, 11) is -0.152. The normalized spacial score (nSPS) is 13.7. The number of hydrogen-bond acceptors (Lipinski definition) is 3. The molecule has 0 radical (unpaired) electrons. The van der Waals surface area contributed by atoms with E-state index in [-0.39, 0.29) is 12.1 Å². The number of rotatable bonds is 7. The number of hydrogen-bond donors (Lipinski definition) is 0. The molecule has 0 heterocycles. The summed E-state index contributed by atoms with van der Waals surface area (Å²) in [5, 5.41) is 0. The van der Waals surface area contributed by atoms with E-state index in [0.717, 1.165) is 18.1 Å². The molecule has 0 amide bonds. The Morgan fingerprint density at radius 3 is 2.00 bits per heavy atom. The Balaban J connectivity index is 4.22. The third-order valence-corrected chi connectivity index (χ3v) is 7.83. The maximum Gasteiger partial charge on any atom is 0.308 e. The fraction of sp³-hybridized carbons (Fsp3) is 0.909. The fourth-order valence-corrected chi connectivity index (χ4v) is 4.72. The van der Waals surface area contributed by atoms with Gasteiger partial charge in [0.05, 0.1) is 19.6 Å². The summed E-state index contributed by atoms with van der Waals surface area (Å²) in [4.78, 5) is 11.1. The highest BCUT2D eigenvalue weighted by atomic mass is 28.4. The third kappa shape index (κ3) is 4.80. The SMILES string of the molecule is CC[Si](CC)(CC)O[C@H](C)CC(=O)OC. The van der Waals surface area contributed by atoms with Gasteiger partial charge in [-0.05, 0) is 25.1 Å². The summed E-state index contributed by atoms with van der Waals surface area (Å²) < 4.78 is 10.7. The molecule has 90 valence electrons. The molecule has 0 aliphatic rings. The van der Waals surface area contributed by atoms with Crippen LogP contribution in [0.3, 0.4) is 0 Å². The molecule has 0 bridgehead atoms. The van der Waals surface area contributed by atoms with Crippen LogP contribution >= 0.6 is 0 Å². The predicted octanol–water partition coefficient (Wildman–Crippen LogP) is 2.96. The van der Waals surface area contributed by atoms with Crippen molar-refractivity contribution < 1.29 is 14.0 Å². The van der Waals surface area contributed by atoms with Crippen LogP contribution in [0.5, 0.6) is 0 Å². The average molecular weight is 232 g/mol. The minimum Gasteiger partial charge on any atom is -0.469 e. The lowest BCUT2D eigenvalue weighted by molar-refractivity contribution is -0.142. The van der Waals surface area contributed by atoms with Gasteiger partial charge in [0.15, 0.2) is 8.32 Å². The lowest BCUT2D eigenvalue weighted by Crippen LogP contribution is -2.39. The van der Waals surface area contributed by atoms with Crippen LogP contribution in [0.2, 0.25) is 18.1 Å². The summed E-state index contributed by atoms with van der Waals surface area (Å²) in [6.45, 7) is 8.51. The highest BCUT2D eigenvalue weighted by molar-refractivity contribution is 6.73. The molecule has 0 spiro atoms. The summed E-state index contributed by atoms with van der Waals surface area (Å²) >= 11 is 0. The van der Waals surface area contributed by atoms with Gasteiger partial charge in [-0.15, -0.1) is 0 Å². The van der Waals surface area contributed by atoms with Gasteiger partial charge in [-0.3, -0.25) is 4.79 Å². The van der Waals surface area contributed by atoms with Gasteiger partial charge in [0.25, 0.3) is 0 Å². The van der Waals surface area contributed by atoms with Crippen molar-refractivity contribution in [1.82, 2.24) is 0 Å². The molecule has 0 N–H and O–H groups in total. The second kappa shape index (κ2) is 7.01. The third-order valence-electron chi connectivity index (χ3n) is 3.07. The van der Waals surface area contributed by atoms with Gasteiger partial charge in [0, 0.05) is 0 Å². The van der Waals surface area contributed by atoms with Crippen LogP contribution in [0.15, 0.2) is 0 Å². The van der Waals surface area contributed by atoms with Gasteiger partial charge in [-0.1, -0.05) is 20.8 Å². The van der Waals surface area contributed by atoms with E-state index in [1.165, 1.54) is 7.11 Å². The molecule has 0 saturated carbocycles. The van der Waals surface area contributed by atoms with E-state index < -0.39 is 8.32 Å². The Kier molecular flexibility index (Phi) is 6.84. The first-order chi connectivity index (χ1) is 7.03. The molecular weight excluding hydrogens is 208 g/mol. The van der Waals surface area contributed by atoms with E-state index >= 15 is 0 Å². The zero-order valence-electron chi connectivity index (χ0n) is 10.6. The summed E-state index contributed by atoms with van der Waals surface area (Å²) in [6, 6.07) is 3.35. The van der Waals surface area contributed by atoms with Crippen LogP contribution in [-0.2, 0) is 14.0 Å². The van der Waals surface area contributed by atoms with Crippen molar-refractivity contribution in [1.29, 1.82) is 0 Å². The summed E-state index contributed by atoms with van der Waals surface area (Å²) in [5.41, 5.74) is 0. The van der Waals surface area contributed by atoms with Crippen LogP contribution in [0.4, 0.5) is 0 Å².